The number of phosphoric acid groups is 1. The summed E-state index contributed by atoms with van der Waals surface area (Å²) in [5.74, 6) is 2.15. The molecular formula is C19H29O5P. The topological polar surface area (TPSA) is 83.8 Å². The minimum absolute atomic E-state index is 0.102. The van der Waals surface area contributed by atoms with Crippen molar-refractivity contribution in [1.82, 2.24) is 0 Å². The van der Waals surface area contributed by atoms with E-state index in [1.54, 1.807) is 0 Å². The second-order valence-electron chi connectivity index (χ2n) is 9.14. The van der Waals surface area contributed by atoms with Crippen LogP contribution < -0.4 is 0 Å². The number of carbonyl (C=O) groups is 1. The molecule has 3 saturated carbocycles. The van der Waals surface area contributed by atoms with Crippen LogP contribution >= 0.6 is 7.82 Å². The first-order valence-electron chi connectivity index (χ1n) is 9.60. The molecule has 0 aromatic carbocycles. The molecule has 0 amide bonds. The highest BCUT2D eigenvalue weighted by Gasteiger charge is 2.58. The average molecular weight is 368 g/mol. The van der Waals surface area contributed by atoms with Crippen LogP contribution in [0, 0.1) is 28.6 Å². The van der Waals surface area contributed by atoms with E-state index in [1.165, 1.54) is 5.57 Å². The fraction of sp³-hybridized carbons (Fsp3) is 0.842. The van der Waals surface area contributed by atoms with Crippen molar-refractivity contribution in [1.29, 1.82) is 0 Å². The number of carbonyl (C=O) groups excluding carboxylic acids is 1. The minimum atomic E-state index is -4.43. The van der Waals surface area contributed by atoms with Gasteiger partial charge in [0, 0.05) is 11.8 Å². The maximum absolute atomic E-state index is 12.4. The molecule has 4 aliphatic carbocycles. The first-order chi connectivity index (χ1) is 11.6. The Morgan fingerprint density at radius 3 is 2.52 bits per heavy atom. The lowest BCUT2D eigenvalue weighted by Gasteiger charge is -2.57. The summed E-state index contributed by atoms with van der Waals surface area (Å²) < 4.78 is 16.2. The van der Waals surface area contributed by atoms with Crippen LogP contribution in [-0.2, 0) is 13.9 Å². The molecule has 6 heteroatoms. The standard InChI is InChI=1S/C19H29O5P/c1-18-9-7-13(24-25(21,22)23)11-12(18)3-4-14-15-5-6-17(20)19(15,2)10-8-16(14)18/h3,13-16H,4-11H2,1-2H3,(H2,21,22,23)/t13-,14+,15+,16+,18+,19+/m1/s1. The first kappa shape index (κ1) is 17.9. The summed E-state index contributed by atoms with van der Waals surface area (Å²) in [6, 6.07) is 0. The molecule has 0 spiro atoms. The zero-order valence-electron chi connectivity index (χ0n) is 15.1. The van der Waals surface area contributed by atoms with Crippen molar-refractivity contribution < 1.29 is 23.7 Å². The van der Waals surface area contributed by atoms with Gasteiger partial charge in [-0.05, 0) is 68.1 Å². The van der Waals surface area contributed by atoms with Gasteiger partial charge in [0.05, 0.1) is 6.10 Å². The van der Waals surface area contributed by atoms with Crippen molar-refractivity contribution in [3.63, 3.8) is 0 Å². The molecule has 0 aromatic rings. The van der Waals surface area contributed by atoms with Crippen molar-refractivity contribution in [2.45, 2.75) is 71.3 Å². The number of Topliss-reactive ketones (excluding diaryl/α,β-unsaturated/α-hetero) is 1. The second kappa shape index (κ2) is 5.76. The predicted octanol–water partition coefficient (Wildman–Crippen LogP) is 4.00. The summed E-state index contributed by atoms with van der Waals surface area (Å²) in [7, 11) is -4.43. The molecular weight excluding hydrogens is 339 g/mol. The van der Waals surface area contributed by atoms with Gasteiger partial charge in [-0.2, -0.15) is 0 Å². The highest BCUT2D eigenvalue weighted by molar-refractivity contribution is 7.46. The van der Waals surface area contributed by atoms with E-state index in [9.17, 15) is 9.36 Å². The van der Waals surface area contributed by atoms with Crippen molar-refractivity contribution in [3.05, 3.63) is 11.6 Å². The summed E-state index contributed by atoms with van der Waals surface area (Å²) in [6.45, 7) is 4.53. The highest BCUT2D eigenvalue weighted by atomic mass is 31.2. The van der Waals surface area contributed by atoms with E-state index in [0.29, 0.717) is 36.4 Å². The van der Waals surface area contributed by atoms with E-state index >= 15 is 0 Å². The predicted molar refractivity (Wildman–Crippen MR) is 93.6 cm³/mol. The van der Waals surface area contributed by atoms with Gasteiger partial charge < -0.3 is 9.79 Å². The molecule has 4 aliphatic rings. The maximum atomic E-state index is 12.4. The van der Waals surface area contributed by atoms with Gasteiger partial charge in [0.25, 0.3) is 0 Å². The highest BCUT2D eigenvalue weighted by Crippen LogP contribution is 2.64. The summed E-state index contributed by atoms with van der Waals surface area (Å²) in [5, 5.41) is 0. The molecule has 0 aromatic heterocycles. The maximum Gasteiger partial charge on any atom is 0.469 e. The molecule has 6 atom stereocenters. The van der Waals surface area contributed by atoms with Crippen LogP contribution in [0.3, 0.4) is 0 Å². The zero-order valence-corrected chi connectivity index (χ0v) is 16.0. The lowest BCUT2D eigenvalue weighted by atomic mass is 9.48. The molecule has 4 rings (SSSR count). The Bertz CT molecular complexity index is 667. The van der Waals surface area contributed by atoms with Crippen molar-refractivity contribution in [2.75, 3.05) is 0 Å². The number of hydrogen-bond acceptors (Lipinski definition) is 3. The van der Waals surface area contributed by atoms with Crippen LogP contribution in [0.1, 0.15) is 65.2 Å². The van der Waals surface area contributed by atoms with Crippen LogP contribution in [0.2, 0.25) is 0 Å². The molecule has 0 aliphatic heterocycles. The Balaban J connectivity index is 1.58. The number of phosphoric ester groups is 1. The molecule has 0 radical (unpaired) electrons. The quantitative estimate of drug-likeness (QED) is 0.569. The Labute approximate surface area is 149 Å². The van der Waals surface area contributed by atoms with Crippen LogP contribution in [0.4, 0.5) is 0 Å². The summed E-state index contributed by atoms with van der Waals surface area (Å²) >= 11 is 0. The average Bonchev–Trinajstić information content (AvgIpc) is 2.82. The van der Waals surface area contributed by atoms with Crippen molar-refractivity contribution in [2.24, 2.45) is 28.6 Å². The van der Waals surface area contributed by atoms with Gasteiger partial charge in [-0.15, -0.1) is 0 Å². The molecule has 0 saturated heterocycles. The molecule has 25 heavy (non-hydrogen) atoms. The van der Waals surface area contributed by atoms with E-state index in [1.807, 2.05) is 0 Å². The molecule has 0 bridgehead atoms. The molecule has 5 nitrogen and oxygen atoms in total. The lowest BCUT2D eigenvalue weighted by molar-refractivity contribution is -0.131. The Morgan fingerprint density at radius 1 is 1.12 bits per heavy atom. The van der Waals surface area contributed by atoms with Gasteiger partial charge in [-0.3, -0.25) is 9.32 Å². The monoisotopic (exact) mass is 368 g/mol. The minimum Gasteiger partial charge on any atom is -0.303 e. The smallest absolute Gasteiger partial charge is 0.303 e. The molecule has 140 valence electrons. The van der Waals surface area contributed by atoms with Crippen molar-refractivity contribution in [3.8, 4) is 0 Å². The summed E-state index contributed by atoms with van der Waals surface area (Å²) in [5.41, 5.74) is 1.32. The largest absolute Gasteiger partial charge is 0.469 e. The van der Waals surface area contributed by atoms with Crippen LogP contribution in [0.25, 0.3) is 0 Å². The Morgan fingerprint density at radius 2 is 1.80 bits per heavy atom. The van der Waals surface area contributed by atoms with Crippen LogP contribution in [0.5, 0.6) is 0 Å². The third-order valence-electron chi connectivity index (χ3n) is 8.05. The summed E-state index contributed by atoms with van der Waals surface area (Å²) in [4.78, 5) is 30.7. The Kier molecular flexibility index (Phi) is 4.12. The van der Waals surface area contributed by atoms with E-state index in [4.69, 9.17) is 14.3 Å². The molecule has 0 unspecified atom stereocenters. The van der Waals surface area contributed by atoms with Gasteiger partial charge in [0.1, 0.15) is 5.78 Å². The van der Waals surface area contributed by atoms with Gasteiger partial charge in [-0.1, -0.05) is 25.5 Å². The third kappa shape index (κ3) is 2.79. The molecule has 3 fully saturated rings. The Hall–Kier alpha value is -0.480. The van der Waals surface area contributed by atoms with Crippen molar-refractivity contribution >= 4 is 13.6 Å². The fourth-order valence-electron chi connectivity index (χ4n) is 6.68. The normalized spacial score (nSPS) is 46.9. The SMILES string of the molecule is C[C@]12CC[C@@H](OP(=O)(O)O)CC1=CC[C@@H]1[C@@H]2CC[C@]2(C)C(=O)CC[C@@H]12. The van der Waals surface area contributed by atoms with Gasteiger partial charge in [0.15, 0.2) is 0 Å². The number of fused-ring (bicyclic) bond motifs is 5. The molecule has 0 heterocycles. The number of allylic oxidation sites excluding steroid dienone is 1. The lowest BCUT2D eigenvalue weighted by Crippen LogP contribution is -2.50. The van der Waals surface area contributed by atoms with Gasteiger partial charge in [-0.25, -0.2) is 4.57 Å². The number of hydrogen-bond donors (Lipinski definition) is 2. The molecule has 2 N–H and O–H groups in total. The third-order valence-corrected chi connectivity index (χ3v) is 8.63. The summed E-state index contributed by atoms with van der Waals surface area (Å²) in [6.07, 6.45) is 9.08. The van der Waals surface area contributed by atoms with E-state index in [0.717, 1.165) is 38.5 Å². The van der Waals surface area contributed by atoms with Crippen LogP contribution in [0.15, 0.2) is 11.6 Å². The fourth-order valence-corrected chi connectivity index (χ4v) is 7.25. The van der Waals surface area contributed by atoms with Gasteiger partial charge in [0.2, 0.25) is 0 Å². The van der Waals surface area contributed by atoms with E-state index < -0.39 is 7.82 Å². The first-order valence-corrected chi connectivity index (χ1v) is 11.1. The van der Waals surface area contributed by atoms with E-state index in [2.05, 4.69) is 19.9 Å². The second-order valence-corrected chi connectivity index (χ2v) is 10.3. The number of ketones is 1. The van der Waals surface area contributed by atoms with Crippen LogP contribution in [-0.4, -0.2) is 21.7 Å². The van der Waals surface area contributed by atoms with E-state index in [-0.39, 0.29) is 16.9 Å². The zero-order chi connectivity index (χ0) is 18.0. The number of rotatable bonds is 2. The van der Waals surface area contributed by atoms with Gasteiger partial charge >= 0.3 is 7.82 Å².